The minimum Gasteiger partial charge on any atom is -0.379 e. The molecule has 0 bridgehead atoms. The summed E-state index contributed by atoms with van der Waals surface area (Å²) in [4.78, 5) is 19.9. The van der Waals surface area contributed by atoms with Crippen LogP contribution in [0.25, 0.3) is 22.2 Å². The second-order valence-corrected chi connectivity index (χ2v) is 7.15. The van der Waals surface area contributed by atoms with E-state index in [0.717, 1.165) is 44.8 Å². The highest BCUT2D eigenvalue weighted by atomic mass is 19.1. The van der Waals surface area contributed by atoms with Crippen molar-refractivity contribution in [3.05, 3.63) is 66.0 Å². The Morgan fingerprint density at radius 1 is 1.10 bits per heavy atom. The van der Waals surface area contributed by atoms with E-state index < -0.39 is 0 Å². The topological polar surface area (TPSA) is 54.5 Å². The van der Waals surface area contributed by atoms with Gasteiger partial charge in [0.15, 0.2) is 0 Å². The number of aromatic nitrogens is 1. The lowest BCUT2D eigenvalue weighted by Crippen LogP contribution is -2.38. The number of hydrogen-bond donors (Lipinski definition) is 1. The van der Waals surface area contributed by atoms with Crippen LogP contribution >= 0.6 is 0 Å². The van der Waals surface area contributed by atoms with Crippen molar-refractivity contribution in [3.8, 4) is 11.3 Å². The lowest BCUT2D eigenvalue weighted by molar-refractivity contribution is 0.0374. The molecule has 6 heteroatoms. The molecule has 1 aromatic heterocycles. The number of fused-ring (bicyclic) bond motifs is 1. The molecule has 0 unspecified atom stereocenters. The van der Waals surface area contributed by atoms with Crippen molar-refractivity contribution < 1.29 is 13.9 Å². The highest BCUT2D eigenvalue weighted by Gasteiger charge is 2.15. The van der Waals surface area contributed by atoms with Crippen molar-refractivity contribution in [1.29, 1.82) is 0 Å². The highest BCUT2D eigenvalue weighted by molar-refractivity contribution is 6.07. The average Bonchev–Trinajstić information content (AvgIpc) is 2.77. The van der Waals surface area contributed by atoms with E-state index in [4.69, 9.17) is 4.74 Å². The molecular weight excluding hydrogens is 369 g/mol. The van der Waals surface area contributed by atoms with E-state index in [1.807, 2.05) is 30.3 Å². The fourth-order valence-electron chi connectivity index (χ4n) is 3.57. The standard InChI is InChI=1S/C23H24FN3O2/c24-18-7-8-21-19(15-18)20(16-22(26-21)17-5-2-1-3-6-17)23(28)25-9-4-10-27-11-13-29-14-12-27/h1-3,5-8,15-16H,4,9-14H2,(H,25,28). The van der Waals surface area contributed by atoms with E-state index in [1.54, 1.807) is 12.1 Å². The first kappa shape index (κ1) is 19.5. The van der Waals surface area contributed by atoms with Crippen molar-refractivity contribution >= 4 is 16.8 Å². The highest BCUT2D eigenvalue weighted by Crippen LogP contribution is 2.25. The summed E-state index contributed by atoms with van der Waals surface area (Å²) in [5.41, 5.74) is 2.66. The summed E-state index contributed by atoms with van der Waals surface area (Å²) in [5, 5.41) is 3.51. The molecule has 1 aliphatic heterocycles. The van der Waals surface area contributed by atoms with Crippen molar-refractivity contribution in [2.45, 2.75) is 6.42 Å². The van der Waals surface area contributed by atoms with E-state index >= 15 is 0 Å². The third-order valence-electron chi connectivity index (χ3n) is 5.13. The van der Waals surface area contributed by atoms with Crippen LogP contribution < -0.4 is 5.32 Å². The second-order valence-electron chi connectivity index (χ2n) is 7.15. The summed E-state index contributed by atoms with van der Waals surface area (Å²) >= 11 is 0. The molecule has 4 rings (SSSR count). The molecule has 0 atom stereocenters. The van der Waals surface area contributed by atoms with E-state index in [0.29, 0.717) is 28.7 Å². The van der Waals surface area contributed by atoms with E-state index in [2.05, 4.69) is 15.2 Å². The average molecular weight is 393 g/mol. The van der Waals surface area contributed by atoms with Crippen molar-refractivity contribution in [2.24, 2.45) is 0 Å². The van der Waals surface area contributed by atoms with Crippen LogP contribution in [-0.4, -0.2) is 55.2 Å². The Hall–Kier alpha value is -2.83. The lowest BCUT2D eigenvalue weighted by Gasteiger charge is -2.26. The largest absolute Gasteiger partial charge is 0.379 e. The lowest BCUT2D eigenvalue weighted by atomic mass is 10.0. The number of rotatable bonds is 6. The minimum atomic E-state index is -0.381. The molecule has 1 aliphatic rings. The number of amides is 1. The number of pyridine rings is 1. The smallest absolute Gasteiger partial charge is 0.252 e. The molecule has 2 aromatic carbocycles. The minimum absolute atomic E-state index is 0.206. The van der Waals surface area contributed by atoms with Gasteiger partial charge in [0.25, 0.3) is 5.91 Å². The maximum Gasteiger partial charge on any atom is 0.252 e. The molecule has 1 amide bonds. The van der Waals surface area contributed by atoms with Crippen LogP contribution in [0, 0.1) is 5.82 Å². The van der Waals surface area contributed by atoms with Crippen LogP contribution in [0.15, 0.2) is 54.6 Å². The maximum atomic E-state index is 13.8. The zero-order valence-electron chi connectivity index (χ0n) is 16.2. The number of carbonyl (C=O) groups excluding carboxylic acids is 1. The first-order valence-corrected chi connectivity index (χ1v) is 9.95. The molecular formula is C23H24FN3O2. The number of carbonyl (C=O) groups is 1. The third kappa shape index (κ3) is 4.78. The van der Waals surface area contributed by atoms with Crippen LogP contribution in [0.1, 0.15) is 16.8 Å². The third-order valence-corrected chi connectivity index (χ3v) is 5.13. The zero-order valence-corrected chi connectivity index (χ0v) is 16.2. The van der Waals surface area contributed by atoms with E-state index in [9.17, 15) is 9.18 Å². The molecule has 1 N–H and O–H groups in total. The Kier molecular flexibility index (Phi) is 6.12. The van der Waals surface area contributed by atoms with E-state index in [-0.39, 0.29) is 11.7 Å². The fraction of sp³-hybridized carbons (Fsp3) is 0.304. The molecule has 0 saturated carbocycles. The second kappa shape index (κ2) is 9.11. The number of nitrogens with zero attached hydrogens (tertiary/aromatic N) is 2. The van der Waals surface area contributed by atoms with Crippen molar-refractivity contribution in [2.75, 3.05) is 39.4 Å². The monoisotopic (exact) mass is 393 g/mol. The number of halogens is 1. The molecule has 1 fully saturated rings. The summed E-state index contributed by atoms with van der Waals surface area (Å²) in [7, 11) is 0. The van der Waals surface area contributed by atoms with Gasteiger partial charge in [0.1, 0.15) is 5.82 Å². The number of hydrogen-bond acceptors (Lipinski definition) is 4. The predicted octanol–water partition coefficient (Wildman–Crippen LogP) is 3.49. The van der Waals surface area contributed by atoms with Crippen LogP contribution in [0.5, 0.6) is 0 Å². The first-order valence-electron chi connectivity index (χ1n) is 9.95. The summed E-state index contributed by atoms with van der Waals surface area (Å²) in [6, 6.07) is 15.8. The number of nitrogens with one attached hydrogen (secondary N) is 1. The fourth-order valence-corrected chi connectivity index (χ4v) is 3.57. The van der Waals surface area contributed by atoms with Crippen molar-refractivity contribution in [1.82, 2.24) is 15.2 Å². The van der Waals surface area contributed by atoms with Crippen LogP contribution in [0.3, 0.4) is 0 Å². The Bertz CT molecular complexity index is 988. The van der Waals surface area contributed by atoms with Gasteiger partial charge in [-0.25, -0.2) is 9.37 Å². The summed E-state index contributed by atoms with van der Waals surface area (Å²) in [6.07, 6.45) is 0.856. The molecule has 0 radical (unpaired) electrons. The van der Waals surface area contributed by atoms with Gasteiger partial charge in [0, 0.05) is 30.6 Å². The van der Waals surface area contributed by atoms with Gasteiger partial charge in [-0.05, 0) is 37.2 Å². The molecule has 0 aliphatic carbocycles. The number of benzene rings is 2. The predicted molar refractivity (Wildman–Crippen MR) is 111 cm³/mol. The normalized spacial score (nSPS) is 14.8. The zero-order chi connectivity index (χ0) is 20.1. The molecule has 29 heavy (non-hydrogen) atoms. The summed E-state index contributed by atoms with van der Waals surface area (Å²) in [5.74, 6) is -0.588. The molecule has 3 aromatic rings. The van der Waals surface area contributed by atoms with Gasteiger partial charge >= 0.3 is 0 Å². The van der Waals surface area contributed by atoms with Gasteiger partial charge in [-0.2, -0.15) is 0 Å². The van der Waals surface area contributed by atoms with Gasteiger partial charge in [0.05, 0.1) is 30.0 Å². The molecule has 0 spiro atoms. The summed E-state index contributed by atoms with van der Waals surface area (Å²) < 4.78 is 19.2. The molecule has 5 nitrogen and oxygen atoms in total. The van der Waals surface area contributed by atoms with Crippen LogP contribution in [-0.2, 0) is 4.74 Å². The van der Waals surface area contributed by atoms with Gasteiger partial charge in [-0.15, -0.1) is 0 Å². The van der Waals surface area contributed by atoms with Crippen LogP contribution in [0.4, 0.5) is 4.39 Å². The quantitative estimate of drug-likeness (QED) is 0.652. The van der Waals surface area contributed by atoms with Gasteiger partial charge in [0.2, 0.25) is 0 Å². The Labute approximate surface area is 169 Å². The van der Waals surface area contributed by atoms with Gasteiger partial charge in [-0.1, -0.05) is 30.3 Å². The van der Waals surface area contributed by atoms with Gasteiger partial charge in [-0.3, -0.25) is 9.69 Å². The van der Waals surface area contributed by atoms with Gasteiger partial charge < -0.3 is 10.1 Å². The molecule has 2 heterocycles. The Morgan fingerprint density at radius 3 is 2.69 bits per heavy atom. The SMILES string of the molecule is O=C(NCCCN1CCOCC1)c1cc(-c2ccccc2)nc2ccc(F)cc12. The van der Waals surface area contributed by atoms with Crippen molar-refractivity contribution in [3.63, 3.8) is 0 Å². The molecule has 1 saturated heterocycles. The first-order chi connectivity index (χ1) is 14.2. The Morgan fingerprint density at radius 2 is 1.90 bits per heavy atom. The summed E-state index contributed by atoms with van der Waals surface area (Å²) in [6.45, 7) is 4.89. The Balaban J connectivity index is 1.52. The number of morpholine rings is 1. The maximum absolute atomic E-state index is 13.8. The van der Waals surface area contributed by atoms with E-state index in [1.165, 1.54) is 12.1 Å². The van der Waals surface area contributed by atoms with Crippen LogP contribution in [0.2, 0.25) is 0 Å². The number of ether oxygens (including phenoxy) is 1. The molecule has 150 valence electrons.